The molecule has 0 radical (unpaired) electrons. The third kappa shape index (κ3) is 2.32. The highest BCUT2D eigenvalue weighted by Gasteiger charge is 2.26. The summed E-state index contributed by atoms with van der Waals surface area (Å²) in [5.74, 6) is 2.47. The molecule has 1 fully saturated rings. The molecule has 20 heavy (non-hydrogen) atoms. The molecule has 3 nitrogen and oxygen atoms in total. The average molecular weight is 292 g/mol. The van der Waals surface area contributed by atoms with Crippen LogP contribution in [-0.4, -0.2) is 14.5 Å². The van der Waals surface area contributed by atoms with E-state index in [1.807, 2.05) is 19.2 Å². The Bertz CT molecular complexity index is 617. The number of alkyl halides is 1. The zero-order valence-electron chi connectivity index (χ0n) is 12.4. The van der Waals surface area contributed by atoms with Crippen molar-refractivity contribution >= 4 is 22.8 Å². The fraction of sp³-hybridized carbons (Fsp3) is 0.625. The summed E-state index contributed by atoms with van der Waals surface area (Å²) in [6.45, 7) is 7.44. The number of aryl methyl sites for hydroxylation is 1. The summed E-state index contributed by atoms with van der Waals surface area (Å²) >= 11 is 6.34. The first-order chi connectivity index (χ1) is 9.58. The topological polar surface area (TPSA) is 30.7 Å². The first-order valence-corrected chi connectivity index (χ1v) is 7.97. The van der Waals surface area contributed by atoms with Crippen molar-refractivity contribution in [3.63, 3.8) is 0 Å². The zero-order chi connectivity index (χ0) is 14.3. The van der Waals surface area contributed by atoms with E-state index in [2.05, 4.69) is 23.4 Å². The Balaban J connectivity index is 2.07. The molecule has 3 rings (SSSR count). The Morgan fingerprint density at radius 3 is 2.90 bits per heavy atom. The molecule has 2 aromatic rings. The highest BCUT2D eigenvalue weighted by molar-refractivity contribution is 6.20. The summed E-state index contributed by atoms with van der Waals surface area (Å²) in [7, 11) is 0. The summed E-state index contributed by atoms with van der Waals surface area (Å²) in [5, 5.41) is -0.0830. The van der Waals surface area contributed by atoms with Gasteiger partial charge in [-0.25, -0.2) is 9.97 Å². The van der Waals surface area contributed by atoms with Gasteiger partial charge in [-0.15, -0.1) is 11.6 Å². The van der Waals surface area contributed by atoms with Crippen LogP contribution in [0, 0.1) is 18.8 Å². The Morgan fingerprint density at radius 1 is 1.45 bits per heavy atom. The van der Waals surface area contributed by atoms with Crippen molar-refractivity contribution in [2.24, 2.45) is 11.8 Å². The fourth-order valence-corrected chi connectivity index (χ4v) is 3.53. The quantitative estimate of drug-likeness (QED) is 0.781. The van der Waals surface area contributed by atoms with E-state index in [1.165, 1.54) is 24.8 Å². The summed E-state index contributed by atoms with van der Waals surface area (Å²) < 4.78 is 2.26. The lowest BCUT2D eigenvalue weighted by atomic mass is 9.98. The molecule has 0 aliphatic heterocycles. The van der Waals surface area contributed by atoms with E-state index in [0.717, 1.165) is 35.4 Å². The average Bonchev–Trinajstić information content (AvgIpc) is 2.96. The third-order valence-electron chi connectivity index (χ3n) is 4.68. The van der Waals surface area contributed by atoms with Gasteiger partial charge in [-0.05, 0) is 43.7 Å². The van der Waals surface area contributed by atoms with Crippen LogP contribution in [0.5, 0.6) is 0 Å². The van der Waals surface area contributed by atoms with Gasteiger partial charge in [-0.3, -0.25) is 0 Å². The lowest BCUT2D eigenvalue weighted by Crippen LogP contribution is -2.16. The largest absolute Gasteiger partial charge is 0.311 e. The van der Waals surface area contributed by atoms with Crippen molar-refractivity contribution < 1.29 is 0 Å². The molecule has 1 aliphatic rings. The summed E-state index contributed by atoms with van der Waals surface area (Å²) in [6.07, 6.45) is 5.87. The minimum atomic E-state index is -0.0830. The van der Waals surface area contributed by atoms with Gasteiger partial charge in [0, 0.05) is 12.7 Å². The number of halogens is 1. The number of imidazole rings is 1. The van der Waals surface area contributed by atoms with Gasteiger partial charge in [0.15, 0.2) is 5.65 Å². The Kier molecular flexibility index (Phi) is 3.72. The molecule has 108 valence electrons. The molecule has 0 amide bonds. The van der Waals surface area contributed by atoms with E-state index in [-0.39, 0.29) is 5.38 Å². The maximum Gasteiger partial charge on any atom is 0.160 e. The Hall–Kier alpha value is -1.09. The molecule has 3 atom stereocenters. The lowest BCUT2D eigenvalue weighted by Gasteiger charge is -2.18. The van der Waals surface area contributed by atoms with Crippen molar-refractivity contribution in [3.8, 4) is 0 Å². The predicted molar refractivity (Wildman–Crippen MR) is 83.0 cm³/mol. The standard InChI is InChI=1S/C16H22ClN3/c1-10-5-4-6-13(10)9-20-15(12(3)17)19-14-11(2)7-8-18-16(14)20/h7-8,10,12-13H,4-6,9H2,1-3H3. The number of fused-ring (bicyclic) bond motifs is 1. The van der Waals surface area contributed by atoms with Crippen molar-refractivity contribution in [3.05, 3.63) is 23.7 Å². The monoisotopic (exact) mass is 291 g/mol. The number of aromatic nitrogens is 3. The highest BCUT2D eigenvalue weighted by Crippen LogP contribution is 2.34. The van der Waals surface area contributed by atoms with Gasteiger partial charge in [0.2, 0.25) is 0 Å². The number of rotatable bonds is 3. The smallest absolute Gasteiger partial charge is 0.160 e. The molecular weight excluding hydrogens is 270 g/mol. The molecule has 2 aromatic heterocycles. The Morgan fingerprint density at radius 2 is 2.25 bits per heavy atom. The number of hydrogen-bond donors (Lipinski definition) is 0. The van der Waals surface area contributed by atoms with Gasteiger partial charge in [-0.1, -0.05) is 19.8 Å². The number of nitrogens with zero attached hydrogens (tertiary/aromatic N) is 3. The molecule has 3 unspecified atom stereocenters. The first kappa shape index (κ1) is 13.9. The molecule has 0 saturated heterocycles. The maximum atomic E-state index is 6.34. The van der Waals surface area contributed by atoms with Gasteiger partial charge in [0.25, 0.3) is 0 Å². The lowest BCUT2D eigenvalue weighted by molar-refractivity contribution is 0.362. The van der Waals surface area contributed by atoms with Crippen LogP contribution in [0.25, 0.3) is 11.2 Å². The number of pyridine rings is 1. The van der Waals surface area contributed by atoms with E-state index < -0.39 is 0 Å². The zero-order valence-corrected chi connectivity index (χ0v) is 13.2. The summed E-state index contributed by atoms with van der Waals surface area (Å²) in [6, 6.07) is 2.01. The first-order valence-electron chi connectivity index (χ1n) is 7.53. The van der Waals surface area contributed by atoms with Gasteiger partial charge in [0.1, 0.15) is 11.3 Å². The van der Waals surface area contributed by atoms with Gasteiger partial charge < -0.3 is 4.57 Å². The van der Waals surface area contributed by atoms with E-state index in [4.69, 9.17) is 16.6 Å². The Labute approximate surface area is 125 Å². The maximum absolute atomic E-state index is 6.34. The SMILES string of the molecule is Cc1ccnc2c1nc(C(C)Cl)n2CC1CCCC1C. The van der Waals surface area contributed by atoms with Crippen LogP contribution < -0.4 is 0 Å². The molecule has 2 heterocycles. The van der Waals surface area contributed by atoms with Crippen molar-refractivity contribution in [1.29, 1.82) is 0 Å². The van der Waals surface area contributed by atoms with Crippen LogP contribution >= 0.6 is 11.6 Å². The number of hydrogen-bond acceptors (Lipinski definition) is 2. The van der Waals surface area contributed by atoms with Crippen LogP contribution in [0.15, 0.2) is 12.3 Å². The van der Waals surface area contributed by atoms with Crippen LogP contribution in [-0.2, 0) is 6.54 Å². The van der Waals surface area contributed by atoms with E-state index in [0.29, 0.717) is 0 Å². The predicted octanol–water partition coefficient (Wildman–Crippen LogP) is 4.48. The molecule has 0 spiro atoms. The highest BCUT2D eigenvalue weighted by atomic mass is 35.5. The summed E-state index contributed by atoms with van der Waals surface area (Å²) in [4.78, 5) is 9.30. The van der Waals surface area contributed by atoms with E-state index >= 15 is 0 Å². The summed E-state index contributed by atoms with van der Waals surface area (Å²) in [5.41, 5.74) is 3.17. The molecule has 0 aromatic carbocycles. The van der Waals surface area contributed by atoms with Gasteiger partial charge in [-0.2, -0.15) is 0 Å². The second-order valence-electron chi connectivity index (χ2n) is 6.16. The minimum Gasteiger partial charge on any atom is -0.311 e. The molecule has 4 heteroatoms. The van der Waals surface area contributed by atoms with Crippen molar-refractivity contribution in [2.75, 3.05) is 0 Å². The van der Waals surface area contributed by atoms with Crippen LogP contribution in [0.2, 0.25) is 0 Å². The normalized spacial score (nSPS) is 24.4. The van der Waals surface area contributed by atoms with Crippen LogP contribution in [0.3, 0.4) is 0 Å². The van der Waals surface area contributed by atoms with Crippen molar-refractivity contribution in [2.45, 2.75) is 52.0 Å². The molecule has 1 saturated carbocycles. The molecule has 0 bridgehead atoms. The molecular formula is C16H22ClN3. The van der Waals surface area contributed by atoms with Crippen LogP contribution in [0.4, 0.5) is 0 Å². The molecule has 0 N–H and O–H groups in total. The minimum absolute atomic E-state index is 0.0830. The second kappa shape index (κ2) is 5.36. The van der Waals surface area contributed by atoms with Crippen LogP contribution in [0.1, 0.15) is 49.9 Å². The van der Waals surface area contributed by atoms with E-state index in [1.54, 1.807) is 0 Å². The fourth-order valence-electron chi connectivity index (χ4n) is 3.37. The van der Waals surface area contributed by atoms with Crippen molar-refractivity contribution in [1.82, 2.24) is 14.5 Å². The second-order valence-corrected chi connectivity index (χ2v) is 6.82. The third-order valence-corrected chi connectivity index (χ3v) is 4.87. The van der Waals surface area contributed by atoms with Gasteiger partial charge in [0.05, 0.1) is 5.38 Å². The van der Waals surface area contributed by atoms with E-state index in [9.17, 15) is 0 Å². The molecule has 1 aliphatic carbocycles. The van der Waals surface area contributed by atoms with Gasteiger partial charge >= 0.3 is 0 Å².